The Balaban J connectivity index is 1.35. The van der Waals surface area contributed by atoms with Gasteiger partial charge in [-0.25, -0.2) is 9.59 Å². The summed E-state index contributed by atoms with van der Waals surface area (Å²) in [5, 5.41) is 13.0. The van der Waals surface area contributed by atoms with Crippen LogP contribution in [0.4, 0.5) is 26.7 Å². The van der Waals surface area contributed by atoms with Crippen LogP contribution < -0.4 is 26.6 Å². The first-order valence-electron chi connectivity index (χ1n) is 10.3. The number of carbonyl (C=O) groups excluding carboxylic acids is 5. The molecule has 172 valence electrons. The van der Waals surface area contributed by atoms with E-state index in [-0.39, 0.29) is 50.2 Å². The van der Waals surface area contributed by atoms with Crippen molar-refractivity contribution >= 4 is 46.8 Å². The number of hydrogen-bond donors (Lipinski definition) is 5. The van der Waals surface area contributed by atoms with Gasteiger partial charge in [0.05, 0.1) is 6.54 Å². The van der Waals surface area contributed by atoms with E-state index >= 15 is 0 Å². The van der Waals surface area contributed by atoms with Gasteiger partial charge in [0, 0.05) is 43.0 Å². The maximum atomic E-state index is 12.1. The molecule has 7 amide bonds. The number of rotatable bonds is 9. The highest BCUT2D eigenvalue weighted by molar-refractivity contribution is 6.02. The number of para-hydroxylation sites is 1. The zero-order chi connectivity index (χ0) is 23.6. The van der Waals surface area contributed by atoms with Gasteiger partial charge in [-0.3, -0.25) is 19.3 Å². The van der Waals surface area contributed by atoms with Gasteiger partial charge in [0.2, 0.25) is 17.7 Å². The summed E-state index contributed by atoms with van der Waals surface area (Å²) in [6.07, 6.45) is 0.0615. The van der Waals surface area contributed by atoms with Gasteiger partial charge in [0.25, 0.3) is 0 Å². The average Bonchev–Trinajstić information content (AvgIpc) is 3.11. The summed E-state index contributed by atoms with van der Waals surface area (Å²) >= 11 is 0. The van der Waals surface area contributed by atoms with Crippen LogP contribution in [0.5, 0.6) is 0 Å². The monoisotopic (exact) mass is 452 g/mol. The highest BCUT2D eigenvalue weighted by Crippen LogP contribution is 2.14. The van der Waals surface area contributed by atoms with E-state index in [0.717, 1.165) is 4.90 Å². The van der Waals surface area contributed by atoms with E-state index < -0.39 is 12.1 Å². The lowest BCUT2D eigenvalue weighted by molar-refractivity contribution is -0.125. The highest BCUT2D eigenvalue weighted by atomic mass is 16.2. The third kappa shape index (κ3) is 7.35. The molecule has 0 spiro atoms. The summed E-state index contributed by atoms with van der Waals surface area (Å²) in [5.74, 6) is -0.987. The van der Waals surface area contributed by atoms with Gasteiger partial charge in [-0.05, 0) is 36.4 Å². The molecule has 11 nitrogen and oxygen atoms in total. The van der Waals surface area contributed by atoms with E-state index in [1.807, 2.05) is 6.07 Å². The second-order valence-electron chi connectivity index (χ2n) is 7.12. The first kappa shape index (κ1) is 23.3. The second-order valence-corrected chi connectivity index (χ2v) is 7.12. The molecule has 1 aliphatic rings. The molecule has 1 saturated heterocycles. The molecule has 1 fully saturated rings. The fourth-order valence-corrected chi connectivity index (χ4v) is 2.97. The second kappa shape index (κ2) is 11.3. The predicted octanol–water partition coefficient (Wildman–Crippen LogP) is 1.72. The van der Waals surface area contributed by atoms with Crippen molar-refractivity contribution in [3.05, 3.63) is 54.6 Å². The van der Waals surface area contributed by atoms with E-state index in [1.165, 1.54) is 0 Å². The van der Waals surface area contributed by atoms with Crippen LogP contribution in [-0.2, 0) is 14.4 Å². The van der Waals surface area contributed by atoms with Crippen molar-refractivity contribution in [2.45, 2.75) is 12.8 Å². The summed E-state index contributed by atoms with van der Waals surface area (Å²) in [7, 11) is 0. The van der Waals surface area contributed by atoms with Crippen molar-refractivity contribution in [1.82, 2.24) is 15.5 Å². The van der Waals surface area contributed by atoms with Crippen LogP contribution in [-0.4, -0.2) is 54.3 Å². The Morgan fingerprint density at radius 3 is 1.94 bits per heavy atom. The number of amides is 7. The summed E-state index contributed by atoms with van der Waals surface area (Å²) in [4.78, 5) is 59.9. The van der Waals surface area contributed by atoms with Crippen molar-refractivity contribution in [1.29, 1.82) is 0 Å². The maximum absolute atomic E-state index is 12.1. The zero-order valence-electron chi connectivity index (χ0n) is 17.7. The first-order valence-corrected chi connectivity index (χ1v) is 10.3. The molecule has 0 unspecified atom stereocenters. The van der Waals surface area contributed by atoms with E-state index in [9.17, 15) is 24.0 Å². The maximum Gasteiger partial charge on any atom is 0.324 e. The average molecular weight is 452 g/mol. The Labute approximate surface area is 189 Å². The summed E-state index contributed by atoms with van der Waals surface area (Å²) in [5.41, 5.74) is 1.70. The molecule has 0 radical (unpaired) electrons. The quantitative estimate of drug-likeness (QED) is 0.367. The molecule has 33 heavy (non-hydrogen) atoms. The van der Waals surface area contributed by atoms with Crippen LogP contribution in [0.15, 0.2) is 54.6 Å². The molecule has 0 atom stereocenters. The normalized spacial score (nSPS) is 12.7. The number of nitrogens with zero attached hydrogens (tertiary/aromatic N) is 1. The molecule has 3 rings (SSSR count). The van der Waals surface area contributed by atoms with Crippen molar-refractivity contribution in [2.75, 3.05) is 35.6 Å². The van der Waals surface area contributed by atoms with Crippen LogP contribution in [0.25, 0.3) is 0 Å². The highest BCUT2D eigenvalue weighted by Gasteiger charge is 2.28. The van der Waals surface area contributed by atoms with Crippen molar-refractivity contribution in [3.63, 3.8) is 0 Å². The third-order valence-corrected chi connectivity index (χ3v) is 4.62. The number of benzene rings is 2. The molecular formula is C22H24N6O5. The van der Waals surface area contributed by atoms with E-state index in [0.29, 0.717) is 17.1 Å². The molecule has 0 saturated carbocycles. The summed E-state index contributed by atoms with van der Waals surface area (Å²) in [6, 6.07) is 14.5. The number of imide groups is 1. The fourth-order valence-electron chi connectivity index (χ4n) is 2.97. The Bertz CT molecular complexity index is 1010. The Morgan fingerprint density at radius 1 is 0.788 bits per heavy atom. The van der Waals surface area contributed by atoms with Gasteiger partial charge >= 0.3 is 12.1 Å². The Kier molecular flexibility index (Phi) is 7.95. The van der Waals surface area contributed by atoms with Crippen molar-refractivity contribution in [3.8, 4) is 0 Å². The van der Waals surface area contributed by atoms with Gasteiger partial charge in [-0.15, -0.1) is 0 Å². The Hall–Kier alpha value is -4.41. The predicted molar refractivity (Wildman–Crippen MR) is 122 cm³/mol. The molecule has 1 aliphatic heterocycles. The van der Waals surface area contributed by atoms with Gasteiger partial charge in [0.15, 0.2) is 0 Å². The fraction of sp³-hybridized carbons (Fsp3) is 0.227. The lowest BCUT2D eigenvalue weighted by Crippen LogP contribution is -2.33. The number of urea groups is 2. The summed E-state index contributed by atoms with van der Waals surface area (Å²) in [6.45, 7) is 0.114. The number of carbonyl (C=O) groups is 5. The standard InChI is InChI=1S/C22H24N6O5/c29-18(10-12-23-21(32)27-15-4-2-1-3-5-15)25-16-6-8-17(9-7-16)26-19(30)11-13-28-20(31)14-24-22(28)33/h1-9H,10-14H2,(H,24,33)(H,25,29)(H,26,30)(H2,23,27,32). The zero-order valence-corrected chi connectivity index (χ0v) is 17.7. The molecule has 2 aromatic rings. The van der Waals surface area contributed by atoms with Crippen molar-refractivity contribution in [2.24, 2.45) is 0 Å². The molecule has 1 heterocycles. The van der Waals surface area contributed by atoms with Crippen LogP contribution in [0.1, 0.15) is 12.8 Å². The minimum Gasteiger partial charge on any atom is -0.337 e. The van der Waals surface area contributed by atoms with Crippen LogP contribution in [0, 0.1) is 0 Å². The third-order valence-electron chi connectivity index (χ3n) is 4.62. The first-order chi connectivity index (χ1) is 15.9. The van der Waals surface area contributed by atoms with Crippen LogP contribution in [0.2, 0.25) is 0 Å². The summed E-state index contributed by atoms with van der Waals surface area (Å²) < 4.78 is 0. The smallest absolute Gasteiger partial charge is 0.324 e. The topological polar surface area (TPSA) is 149 Å². The van der Waals surface area contributed by atoms with Gasteiger partial charge < -0.3 is 26.6 Å². The molecular weight excluding hydrogens is 428 g/mol. The largest absolute Gasteiger partial charge is 0.337 e. The number of nitrogens with one attached hydrogen (secondary N) is 5. The van der Waals surface area contributed by atoms with Crippen molar-refractivity contribution < 1.29 is 24.0 Å². The molecule has 5 N–H and O–H groups in total. The lowest BCUT2D eigenvalue weighted by Gasteiger charge is -2.12. The SMILES string of the molecule is O=C(CCNC(=O)Nc1ccccc1)Nc1ccc(NC(=O)CCN2C(=O)CNC2=O)cc1. The Morgan fingerprint density at radius 2 is 1.36 bits per heavy atom. The van der Waals surface area contributed by atoms with E-state index in [4.69, 9.17) is 0 Å². The minimum absolute atomic E-state index is 0.00203. The molecule has 0 bridgehead atoms. The van der Waals surface area contributed by atoms with Gasteiger partial charge in [-0.2, -0.15) is 0 Å². The van der Waals surface area contributed by atoms with E-state index in [2.05, 4.69) is 26.6 Å². The number of hydrogen-bond acceptors (Lipinski definition) is 5. The van der Waals surface area contributed by atoms with Crippen LogP contribution >= 0.6 is 0 Å². The molecule has 0 aliphatic carbocycles. The molecule has 0 aromatic heterocycles. The van der Waals surface area contributed by atoms with E-state index in [1.54, 1.807) is 48.5 Å². The van der Waals surface area contributed by atoms with Crippen LogP contribution in [0.3, 0.4) is 0 Å². The lowest BCUT2D eigenvalue weighted by atomic mass is 10.2. The molecule has 11 heteroatoms. The van der Waals surface area contributed by atoms with Gasteiger partial charge in [-0.1, -0.05) is 18.2 Å². The minimum atomic E-state index is -0.500. The number of anilines is 3. The molecule has 2 aromatic carbocycles. The van der Waals surface area contributed by atoms with Gasteiger partial charge in [0.1, 0.15) is 0 Å².